The third-order valence-electron chi connectivity index (χ3n) is 1.69. The van der Waals surface area contributed by atoms with Crippen LogP contribution >= 0.6 is 0 Å². The molecule has 6 heteroatoms. The first kappa shape index (κ1) is 11.7. The summed E-state index contributed by atoms with van der Waals surface area (Å²) in [6, 6.07) is 1.02. The van der Waals surface area contributed by atoms with Crippen molar-refractivity contribution in [2.75, 3.05) is 26.9 Å². The minimum Gasteiger partial charge on any atom is -0.493 e. The molecule has 0 aromatic carbocycles. The Hall–Kier alpha value is -1.40. The standard InChI is InChI=1S/C9H14N2O4/c1-14-4-5-15-3-2-7-10-8(12)6-9(13)11-7/h6H,2-5H2,1H3,(H2,10,11,12,13). The zero-order valence-corrected chi connectivity index (χ0v) is 8.52. The van der Waals surface area contributed by atoms with Crippen LogP contribution < -0.4 is 5.56 Å². The number of methoxy groups -OCH3 is 1. The molecular formula is C9H14N2O4. The Morgan fingerprint density at radius 2 is 2.27 bits per heavy atom. The number of rotatable bonds is 6. The number of hydrogen-bond donors (Lipinski definition) is 2. The summed E-state index contributed by atoms with van der Waals surface area (Å²) in [5, 5.41) is 9.04. The van der Waals surface area contributed by atoms with Crippen LogP contribution in [0.25, 0.3) is 0 Å². The van der Waals surface area contributed by atoms with Gasteiger partial charge in [0.2, 0.25) is 5.88 Å². The Morgan fingerprint density at radius 3 is 2.93 bits per heavy atom. The van der Waals surface area contributed by atoms with Crippen molar-refractivity contribution in [1.82, 2.24) is 9.97 Å². The molecule has 0 aliphatic rings. The maximum absolute atomic E-state index is 10.9. The fourth-order valence-corrected chi connectivity index (χ4v) is 1.03. The van der Waals surface area contributed by atoms with Gasteiger partial charge in [-0.25, -0.2) is 4.98 Å². The van der Waals surface area contributed by atoms with Gasteiger partial charge in [0.1, 0.15) is 5.82 Å². The number of nitrogens with zero attached hydrogens (tertiary/aromatic N) is 1. The van der Waals surface area contributed by atoms with Gasteiger partial charge in [-0.05, 0) is 0 Å². The van der Waals surface area contributed by atoms with Gasteiger partial charge in [0.25, 0.3) is 5.56 Å². The molecular weight excluding hydrogens is 200 g/mol. The van der Waals surface area contributed by atoms with E-state index in [0.717, 1.165) is 6.07 Å². The molecule has 0 fully saturated rings. The summed E-state index contributed by atoms with van der Waals surface area (Å²) in [4.78, 5) is 17.2. The second-order valence-corrected chi connectivity index (χ2v) is 2.91. The zero-order chi connectivity index (χ0) is 11.1. The van der Waals surface area contributed by atoms with Gasteiger partial charge in [-0.1, -0.05) is 0 Å². The molecule has 15 heavy (non-hydrogen) atoms. The fourth-order valence-electron chi connectivity index (χ4n) is 1.03. The normalized spacial score (nSPS) is 10.5. The monoisotopic (exact) mass is 214 g/mol. The summed E-state index contributed by atoms with van der Waals surface area (Å²) >= 11 is 0. The summed E-state index contributed by atoms with van der Waals surface area (Å²) in [5.74, 6) is 0.142. The molecule has 0 unspecified atom stereocenters. The van der Waals surface area contributed by atoms with Crippen molar-refractivity contribution < 1.29 is 14.6 Å². The lowest BCUT2D eigenvalue weighted by Crippen LogP contribution is -2.12. The molecule has 84 valence electrons. The highest BCUT2D eigenvalue weighted by molar-refractivity contribution is 5.06. The van der Waals surface area contributed by atoms with Crippen LogP contribution in [0.15, 0.2) is 10.9 Å². The summed E-state index contributed by atoms with van der Waals surface area (Å²) in [6.45, 7) is 1.46. The molecule has 0 aliphatic carbocycles. The van der Waals surface area contributed by atoms with E-state index in [9.17, 15) is 4.79 Å². The van der Waals surface area contributed by atoms with Crippen molar-refractivity contribution >= 4 is 0 Å². The first-order valence-electron chi connectivity index (χ1n) is 4.58. The molecule has 0 atom stereocenters. The topological polar surface area (TPSA) is 84.4 Å². The third kappa shape index (κ3) is 4.57. The van der Waals surface area contributed by atoms with Gasteiger partial charge in [-0.3, -0.25) is 4.79 Å². The number of aromatic hydroxyl groups is 1. The van der Waals surface area contributed by atoms with Crippen LogP contribution in [0.3, 0.4) is 0 Å². The van der Waals surface area contributed by atoms with E-state index in [1.165, 1.54) is 0 Å². The van der Waals surface area contributed by atoms with Crippen molar-refractivity contribution in [3.63, 3.8) is 0 Å². The molecule has 0 spiro atoms. The van der Waals surface area contributed by atoms with Crippen molar-refractivity contribution in [3.05, 3.63) is 22.2 Å². The van der Waals surface area contributed by atoms with E-state index >= 15 is 0 Å². The molecule has 2 N–H and O–H groups in total. The molecule has 0 radical (unpaired) electrons. The van der Waals surface area contributed by atoms with Gasteiger partial charge >= 0.3 is 0 Å². The van der Waals surface area contributed by atoms with Crippen LogP contribution in [0.1, 0.15) is 5.82 Å². The number of aromatic nitrogens is 2. The Bertz CT molecular complexity index is 350. The first-order valence-corrected chi connectivity index (χ1v) is 4.58. The molecule has 0 bridgehead atoms. The number of aromatic amines is 1. The molecule has 1 rings (SSSR count). The van der Waals surface area contributed by atoms with E-state index in [4.69, 9.17) is 14.6 Å². The lowest BCUT2D eigenvalue weighted by molar-refractivity contribution is 0.0716. The summed E-state index contributed by atoms with van der Waals surface area (Å²) in [6.07, 6.45) is 0.452. The van der Waals surface area contributed by atoms with Gasteiger partial charge in [0, 0.05) is 13.5 Å². The quantitative estimate of drug-likeness (QED) is 0.634. The van der Waals surface area contributed by atoms with E-state index < -0.39 is 0 Å². The predicted molar refractivity (Wildman–Crippen MR) is 52.9 cm³/mol. The number of ether oxygens (including phenoxy) is 2. The second-order valence-electron chi connectivity index (χ2n) is 2.91. The Kier molecular flexibility index (Phi) is 4.79. The van der Waals surface area contributed by atoms with Crippen molar-refractivity contribution in [2.24, 2.45) is 0 Å². The lowest BCUT2D eigenvalue weighted by Gasteiger charge is -2.03. The van der Waals surface area contributed by atoms with E-state index in [-0.39, 0.29) is 11.4 Å². The van der Waals surface area contributed by atoms with Gasteiger partial charge in [0.05, 0.1) is 25.9 Å². The molecule has 0 saturated heterocycles. The smallest absolute Gasteiger partial charge is 0.254 e. The van der Waals surface area contributed by atoms with Crippen molar-refractivity contribution in [3.8, 4) is 5.88 Å². The van der Waals surface area contributed by atoms with E-state index in [1.54, 1.807) is 7.11 Å². The molecule has 0 saturated carbocycles. The number of H-pyrrole nitrogens is 1. The maximum atomic E-state index is 10.9. The Labute approximate surface area is 86.9 Å². The first-order chi connectivity index (χ1) is 7.22. The molecule has 0 amide bonds. The second kappa shape index (κ2) is 6.15. The molecule has 1 aromatic rings. The fraction of sp³-hybridized carbons (Fsp3) is 0.556. The molecule has 0 aliphatic heterocycles. The van der Waals surface area contributed by atoms with E-state index in [0.29, 0.717) is 32.1 Å². The summed E-state index contributed by atoms with van der Waals surface area (Å²) < 4.78 is 9.98. The maximum Gasteiger partial charge on any atom is 0.254 e. The third-order valence-corrected chi connectivity index (χ3v) is 1.69. The van der Waals surface area contributed by atoms with Crippen LogP contribution in [0.2, 0.25) is 0 Å². The largest absolute Gasteiger partial charge is 0.493 e. The molecule has 6 nitrogen and oxygen atoms in total. The van der Waals surface area contributed by atoms with Gasteiger partial charge in [0.15, 0.2) is 0 Å². The highest BCUT2D eigenvalue weighted by Gasteiger charge is 1.99. The summed E-state index contributed by atoms with van der Waals surface area (Å²) in [5.41, 5.74) is -0.366. The zero-order valence-electron chi connectivity index (χ0n) is 8.52. The molecule has 1 heterocycles. The number of hydrogen-bond acceptors (Lipinski definition) is 5. The Morgan fingerprint density at radius 1 is 1.47 bits per heavy atom. The predicted octanol–water partition coefficient (Wildman–Crippen LogP) is -0.319. The van der Waals surface area contributed by atoms with Crippen molar-refractivity contribution in [1.29, 1.82) is 0 Å². The highest BCUT2D eigenvalue weighted by atomic mass is 16.5. The van der Waals surface area contributed by atoms with Crippen molar-refractivity contribution in [2.45, 2.75) is 6.42 Å². The average molecular weight is 214 g/mol. The highest BCUT2D eigenvalue weighted by Crippen LogP contribution is 1.98. The minimum atomic E-state index is -0.366. The minimum absolute atomic E-state index is 0.273. The summed E-state index contributed by atoms with van der Waals surface area (Å²) in [7, 11) is 1.59. The van der Waals surface area contributed by atoms with E-state index in [2.05, 4.69) is 9.97 Å². The number of nitrogens with one attached hydrogen (secondary N) is 1. The van der Waals surface area contributed by atoms with E-state index in [1.807, 2.05) is 0 Å². The van der Waals surface area contributed by atoms with Crippen LogP contribution in [0, 0.1) is 0 Å². The van der Waals surface area contributed by atoms with Crippen LogP contribution in [0.4, 0.5) is 0 Å². The average Bonchev–Trinajstić information content (AvgIpc) is 2.16. The molecule has 1 aromatic heterocycles. The van der Waals surface area contributed by atoms with Gasteiger partial charge in [-0.15, -0.1) is 0 Å². The van der Waals surface area contributed by atoms with Crippen LogP contribution in [0.5, 0.6) is 5.88 Å². The van der Waals surface area contributed by atoms with Gasteiger partial charge in [-0.2, -0.15) is 0 Å². The Balaban J connectivity index is 2.34. The van der Waals surface area contributed by atoms with Crippen LogP contribution in [-0.2, 0) is 15.9 Å². The lowest BCUT2D eigenvalue weighted by atomic mass is 10.4. The SMILES string of the molecule is COCCOCCc1nc(O)cc(=O)[nH]1. The van der Waals surface area contributed by atoms with Crippen LogP contribution in [-0.4, -0.2) is 42.0 Å². The van der Waals surface area contributed by atoms with Gasteiger partial charge < -0.3 is 19.6 Å².